The van der Waals surface area contributed by atoms with Crippen LogP contribution in [0.25, 0.3) is 0 Å². The lowest BCUT2D eigenvalue weighted by molar-refractivity contribution is 0.280. The third kappa shape index (κ3) is 3.51. The highest BCUT2D eigenvalue weighted by Crippen LogP contribution is 2.35. The average Bonchev–Trinajstić information content (AvgIpc) is 2.51. The second-order valence-corrected chi connectivity index (χ2v) is 4.50. The molecule has 0 saturated carbocycles. The Balaban J connectivity index is 2.38. The zero-order valence-electron chi connectivity index (χ0n) is 12.0. The molecule has 2 rings (SSSR count). The number of aliphatic hydroxyl groups excluding tert-OH is 1. The van der Waals surface area contributed by atoms with E-state index in [1.54, 1.807) is 37.4 Å². The smallest absolute Gasteiger partial charge is 0.169 e. The molecule has 2 aromatic carbocycles. The summed E-state index contributed by atoms with van der Waals surface area (Å²) in [6, 6.07) is 9.80. The summed E-state index contributed by atoms with van der Waals surface area (Å²) in [5, 5.41) is 12.1. The van der Waals surface area contributed by atoms with E-state index in [1.807, 2.05) is 0 Å². The summed E-state index contributed by atoms with van der Waals surface area (Å²) in [6.07, 6.45) is 0. The SMILES string of the molecule is CNCc1cccc(F)c1Oc1ccc(CO)cc1OC. The number of hydrogen-bond donors (Lipinski definition) is 2. The van der Waals surface area contributed by atoms with Gasteiger partial charge in [0, 0.05) is 12.1 Å². The highest BCUT2D eigenvalue weighted by Gasteiger charge is 2.13. The molecule has 4 nitrogen and oxygen atoms in total. The van der Waals surface area contributed by atoms with Crippen molar-refractivity contribution in [2.45, 2.75) is 13.2 Å². The monoisotopic (exact) mass is 291 g/mol. The zero-order chi connectivity index (χ0) is 15.2. The number of aliphatic hydroxyl groups is 1. The van der Waals surface area contributed by atoms with Gasteiger partial charge in [0.05, 0.1) is 13.7 Å². The van der Waals surface area contributed by atoms with E-state index in [2.05, 4.69) is 5.32 Å². The van der Waals surface area contributed by atoms with Crippen molar-refractivity contribution in [1.82, 2.24) is 5.32 Å². The van der Waals surface area contributed by atoms with E-state index >= 15 is 0 Å². The van der Waals surface area contributed by atoms with Crippen molar-refractivity contribution < 1.29 is 19.0 Å². The lowest BCUT2D eigenvalue weighted by Crippen LogP contribution is -2.07. The fraction of sp³-hybridized carbons (Fsp3) is 0.250. The molecule has 0 spiro atoms. The zero-order valence-corrected chi connectivity index (χ0v) is 12.0. The van der Waals surface area contributed by atoms with Crippen molar-refractivity contribution in [3.8, 4) is 17.2 Å². The minimum absolute atomic E-state index is 0.0959. The first kappa shape index (κ1) is 15.3. The second kappa shape index (κ2) is 7.06. The molecule has 0 saturated heterocycles. The molecule has 0 radical (unpaired) electrons. The quantitative estimate of drug-likeness (QED) is 0.859. The summed E-state index contributed by atoms with van der Waals surface area (Å²) in [5.74, 6) is 0.579. The number of rotatable bonds is 6. The molecule has 0 fully saturated rings. The number of benzene rings is 2. The maximum atomic E-state index is 14.0. The predicted octanol–water partition coefficient (Wildman–Crippen LogP) is 2.84. The number of ether oxygens (including phenoxy) is 2. The van der Waals surface area contributed by atoms with Gasteiger partial charge in [0.1, 0.15) is 0 Å². The first-order valence-corrected chi connectivity index (χ1v) is 6.57. The van der Waals surface area contributed by atoms with Crippen LogP contribution < -0.4 is 14.8 Å². The molecule has 0 aliphatic carbocycles. The van der Waals surface area contributed by atoms with Crippen molar-refractivity contribution in [3.63, 3.8) is 0 Å². The Morgan fingerprint density at radius 3 is 2.67 bits per heavy atom. The Morgan fingerprint density at radius 1 is 1.19 bits per heavy atom. The second-order valence-electron chi connectivity index (χ2n) is 4.50. The van der Waals surface area contributed by atoms with Crippen molar-refractivity contribution in [2.24, 2.45) is 0 Å². The Morgan fingerprint density at radius 2 is 2.00 bits per heavy atom. The van der Waals surface area contributed by atoms with Crippen molar-refractivity contribution in [1.29, 1.82) is 0 Å². The Hall–Kier alpha value is -2.11. The summed E-state index contributed by atoms with van der Waals surface area (Å²) in [7, 11) is 3.28. The van der Waals surface area contributed by atoms with Gasteiger partial charge < -0.3 is 19.9 Å². The Bertz CT molecular complexity index is 616. The number of para-hydroxylation sites is 1. The van der Waals surface area contributed by atoms with E-state index in [9.17, 15) is 4.39 Å². The Labute approximate surface area is 123 Å². The van der Waals surface area contributed by atoms with Gasteiger partial charge in [-0.2, -0.15) is 0 Å². The van der Waals surface area contributed by atoms with E-state index in [0.717, 1.165) is 0 Å². The van der Waals surface area contributed by atoms with Crippen LogP contribution in [0.5, 0.6) is 17.2 Å². The summed E-state index contributed by atoms with van der Waals surface area (Å²) in [4.78, 5) is 0. The molecule has 0 heterocycles. The lowest BCUT2D eigenvalue weighted by atomic mass is 10.2. The molecule has 0 aliphatic rings. The van der Waals surface area contributed by atoms with Crippen LogP contribution in [0, 0.1) is 5.82 Å². The van der Waals surface area contributed by atoms with Crippen LogP contribution in [0.15, 0.2) is 36.4 Å². The van der Waals surface area contributed by atoms with Crippen LogP contribution in [0.3, 0.4) is 0 Å². The maximum Gasteiger partial charge on any atom is 0.169 e. The molecule has 21 heavy (non-hydrogen) atoms. The summed E-state index contributed by atoms with van der Waals surface area (Å²) in [5.41, 5.74) is 1.41. The molecular formula is C16H18FNO3. The average molecular weight is 291 g/mol. The first-order valence-electron chi connectivity index (χ1n) is 6.57. The van der Waals surface area contributed by atoms with Gasteiger partial charge in [0.15, 0.2) is 23.1 Å². The summed E-state index contributed by atoms with van der Waals surface area (Å²) in [6.45, 7) is 0.394. The number of nitrogens with one attached hydrogen (secondary N) is 1. The molecule has 2 aromatic rings. The highest BCUT2D eigenvalue weighted by molar-refractivity contribution is 5.47. The van der Waals surface area contributed by atoms with E-state index in [-0.39, 0.29) is 12.4 Å². The molecule has 0 atom stereocenters. The maximum absolute atomic E-state index is 14.0. The van der Waals surface area contributed by atoms with E-state index in [0.29, 0.717) is 29.2 Å². The summed E-state index contributed by atoms with van der Waals surface area (Å²) < 4.78 is 24.9. The van der Waals surface area contributed by atoms with Crippen molar-refractivity contribution >= 4 is 0 Å². The highest BCUT2D eigenvalue weighted by atomic mass is 19.1. The minimum Gasteiger partial charge on any atom is -0.493 e. The van der Waals surface area contributed by atoms with E-state index in [4.69, 9.17) is 14.6 Å². The largest absolute Gasteiger partial charge is 0.493 e. The van der Waals surface area contributed by atoms with E-state index in [1.165, 1.54) is 13.2 Å². The molecule has 5 heteroatoms. The molecule has 0 amide bonds. The van der Waals surface area contributed by atoms with Gasteiger partial charge in [-0.05, 0) is 30.8 Å². The van der Waals surface area contributed by atoms with Crippen LogP contribution in [0.4, 0.5) is 4.39 Å². The van der Waals surface area contributed by atoms with Gasteiger partial charge in [0.25, 0.3) is 0 Å². The van der Waals surface area contributed by atoms with Gasteiger partial charge in [-0.15, -0.1) is 0 Å². The van der Waals surface area contributed by atoms with Crippen LogP contribution in [-0.2, 0) is 13.2 Å². The first-order chi connectivity index (χ1) is 10.2. The number of halogens is 1. The fourth-order valence-electron chi connectivity index (χ4n) is 2.00. The molecule has 0 unspecified atom stereocenters. The van der Waals surface area contributed by atoms with Gasteiger partial charge in [-0.1, -0.05) is 18.2 Å². The summed E-state index contributed by atoms with van der Waals surface area (Å²) >= 11 is 0. The standard InChI is InChI=1S/C16H18FNO3/c1-18-9-12-4-3-5-13(17)16(12)21-14-7-6-11(10-19)8-15(14)20-2/h3-8,18-19H,9-10H2,1-2H3. The fourth-order valence-corrected chi connectivity index (χ4v) is 2.00. The lowest BCUT2D eigenvalue weighted by Gasteiger charge is -2.15. The van der Waals surface area contributed by atoms with Gasteiger partial charge in [-0.25, -0.2) is 4.39 Å². The van der Waals surface area contributed by atoms with Crippen LogP contribution >= 0.6 is 0 Å². The molecule has 0 aliphatic heterocycles. The van der Waals surface area contributed by atoms with Gasteiger partial charge in [-0.3, -0.25) is 0 Å². The normalized spacial score (nSPS) is 10.5. The van der Waals surface area contributed by atoms with Crippen LogP contribution in [0.2, 0.25) is 0 Å². The number of methoxy groups -OCH3 is 1. The number of hydrogen-bond acceptors (Lipinski definition) is 4. The molecule has 2 N–H and O–H groups in total. The van der Waals surface area contributed by atoms with Crippen LogP contribution in [-0.4, -0.2) is 19.3 Å². The third-order valence-electron chi connectivity index (χ3n) is 3.04. The van der Waals surface area contributed by atoms with Gasteiger partial charge in [0.2, 0.25) is 0 Å². The minimum atomic E-state index is -0.434. The molecule has 0 aromatic heterocycles. The third-order valence-corrected chi connectivity index (χ3v) is 3.04. The predicted molar refractivity (Wildman–Crippen MR) is 78.2 cm³/mol. The van der Waals surface area contributed by atoms with Crippen molar-refractivity contribution in [3.05, 3.63) is 53.3 Å². The molecule has 112 valence electrons. The van der Waals surface area contributed by atoms with Crippen LogP contribution in [0.1, 0.15) is 11.1 Å². The molecule has 0 bridgehead atoms. The van der Waals surface area contributed by atoms with E-state index < -0.39 is 5.82 Å². The Kier molecular flexibility index (Phi) is 5.14. The molecular weight excluding hydrogens is 273 g/mol. The van der Waals surface area contributed by atoms with Crippen molar-refractivity contribution in [2.75, 3.05) is 14.2 Å². The topological polar surface area (TPSA) is 50.7 Å². The van der Waals surface area contributed by atoms with Gasteiger partial charge >= 0.3 is 0 Å².